The maximum absolute atomic E-state index is 11.1. The van der Waals surface area contributed by atoms with E-state index in [1.807, 2.05) is 0 Å². The van der Waals surface area contributed by atoms with E-state index in [4.69, 9.17) is 0 Å². The van der Waals surface area contributed by atoms with Gasteiger partial charge in [0.15, 0.2) is 5.78 Å². The molecule has 1 aliphatic heterocycles. The van der Waals surface area contributed by atoms with Crippen LogP contribution < -0.4 is 0 Å². The van der Waals surface area contributed by atoms with E-state index in [1.54, 1.807) is 0 Å². The second kappa shape index (κ2) is 3.45. The van der Waals surface area contributed by atoms with Gasteiger partial charge in [-0.3, -0.25) is 9.59 Å². The van der Waals surface area contributed by atoms with E-state index in [0.29, 0.717) is 0 Å². The largest absolute Gasteiger partial charge is 0.328 e. The van der Waals surface area contributed by atoms with Crippen molar-refractivity contribution in [3.63, 3.8) is 0 Å². The van der Waals surface area contributed by atoms with Gasteiger partial charge in [-0.25, -0.2) is 8.42 Å². The zero-order chi connectivity index (χ0) is 10.1. The average Bonchev–Trinajstić information content (AvgIpc) is 1.93. The maximum atomic E-state index is 11.1. The fraction of sp³-hybridized carbons (Fsp3) is 0.714. The minimum atomic E-state index is -3.08. The van der Waals surface area contributed by atoms with Crippen LogP contribution in [0.25, 0.3) is 0 Å². The van der Waals surface area contributed by atoms with Crippen molar-refractivity contribution >= 4 is 21.5 Å². The van der Waals surface area contributed by atoms with Crippen LogP contribution in [0, 0.1) is 0 Å². The molecule has 6 heteroatoms. The highest BCUT2D eigenvalue weighted by molar-refractivity contribution is 7.90. The van der Waals surface area contributed by atoms with E-state index in [9.17, 15) is 18.0 Å². The monoisotopic (exact) mass is 205 g/mol. The van der Waals surface area contributed by atoms with Crippen LogP contribution in [-0.4, -0.2) is 50.1 Å². The Morgan fingerprint density at radius 3 is 2.38 bits per heavy atom. The molecule has 1 rings (SSSR count). The van der Waals surface area contributed by atoms with Crippen LogP contribution in [0.15, 0.2) is 0 Å². The number of likely N-dealkylation sites (tertiary alicyclic amines) is 1. The summed E-state index contributed by atoms with van der Waals surface area (Å²) >= 11 is 0. The first-order valence-electron chi connectivity index (χ1n) is 3.86. The Hall–Kier alpha value is -0.910. The third-order valence-corrected chi connectivity index (χ3v) is 2.72. The molecule has 0 saturated carbocycles. The highest BCUT2D eigenvalue weighted by atomic mass is 32.2. The van der Waals surface area contributed by atoms with E-state index in [1.165, 1.54) is 4.90 Å². The zero-order valence-electron chi connectivity index (χ0n) is 7.32. The van der Waals surface area contributed by atoms with E-state index < -0.39 is 9.84 Å². The van der Waals surface area contributed by atoms with Gasteiger partial charge >= 0.3 is 0 Å². The van der Waals surface area contributed by atoms with Crippen molar-refractivity contribution in [3.05, 3.63) is 0 Å². The van der Waals surface area contributed by atoms with Gasteiger partial charge < -0.3 is 4.90 Å². The minimum Gasteiger partial charge on any atom is -0.328 e. The molecule has 0 spiro atoms. The Balaban J connectivity index is 2.31. The second-order valence-corrected chi connectivity index (χ2v) is 5.43. The summed E-state index contributed by atoms with van der Waals surface area (Å²) in [6.45, 7) is 0.283. The molecule has 1 fully saturated rings. The van der Waals surface area contributed by atoms with Crippen molar-refractivity contribution in [1.82, 2.24) is 4.90 Å². The van der Waals surface area contributed by atoms with Crippen molar-refractivity contribution in [1.29, 1.82) is 0 Å². The second-order valence-electron chi connectivity index (χ2n) is 3.17. The molecule has 1 amide bonds. The topological polar surface area (TPSA) is 71.5 Å². The molecule has 0 atom stereocenters. The molecule has 0 aromatic rings. The molecule has 1 aliphatic rings. The molecule has 0 unspecified atom stereocenters. The van der Waals surface area contributed by atoms with Gasteiger partial charge in [0.2, 0.25) is 5.91 Å². The summed E-state index contributed by atoms with van der Waals surface area (Å²) in [5.74, 6) is -0.381. The van der Waals surface area contributed by atoms with Crippen LogP contribution in [-0.2, 0) is 19.4 Å². The number of sulfone groups is 1. The summed E-state index contributed by atoms with van der Waals surface area (Å²) in [6.07, 6.45) is 1.06. The van der Waals surface area contributed by atoms with E-state index in [-0.39, 0.29) is 37.0 Å². The molecule has 1 saturated heterocycles. The first-order chi connectivity index (χ1) is 5.88. The number of rotatable bonds is 3. The smallest absolute Gasteiger partial charge is 0.224 e. The van der Waals surface area contributed by atoms with Crippen LogP contribution in [0.1, 0.15) is 6.42 Å². The zero-order valence-corrected chi connectivity index (χ0v) is 8.13. The van der Waals surface area contributed by atoms with Crippen LogP contribution in [0.5, 0.6) is 0 Å². The van der Waals surface area contributed by atoms with E-state index >= 15 is 0 Å². The van der Waals surface area contributed by atoms with Crippen molar-refractivity contribution < 1.29 is 18.0 Å². The van der Waals surface area contributed by atoms with Crippen LogP contribution in [0.3, 0.4) is 0 Å². The van der Waals surface area contributed by atoms with Crippen molar-refractivity contribution in [2.24, 2.45) is 0 Å². The third-order valence-electron chi connectivity index (χ3n) is 1.77. The predicted octanol–water partition coefficient (Wildman–Crippen LogP) is -1.17. The van der Waals surface area contributed by atoms with Gasteiger partial charge in [0, 0.05) is 12.7 Å². The minimum absolute atomic E-state index is 0.0210. The van der Waals surface area contributed by atoms with Crippen LogP contribution in [0.2, 0.25) is 0 Å². The first-order valence-corrected chi connectivity index (χ1v) is 5.92. The van der Waals surface area contributed by atoms with Gasteiger partial charge in [-0.1, -0.05) is 0 Å². The molecule has 74 valence electrons. The third kappa shape index (κ3) is 3.14. The number of carbonyl (C=O) groups is 2. The Kier molecular flexibility index (Phi) is 2.70. The molecule has 0 N–H and O–H groups in total. The maximum Gasteiger partial charge on any atom is 0.224 e. The van der Waals surface area contributed by atoms with Gasteiger partial charge in [0.25, 0.3) is 0 Å². The van der Waals surface area contributed by atoms with Crippen molar-refractivity contribution in [2.45, 2.75) is 6.42 Å². The fourth-order valence-electron chi connectivity index (χ4n) is 0.987. The summed E-state index contributed by atoms with van der Waals surface area (Å²) in [7, 11) is -3.08. The molecule has 0 bridgehead atoms. The number of carbonyl (C=O) groups excluding carboxylic acids is 2. The number of amides is 1. The molecule has 5 nitrogen and oxygen atoms in total. The van der Waals surface area contributed by atoms with Crippen molar-refractivity contribution in [3.8, 4) is 0 Å². The summed E-state index contributed by atoms with van der Waals surface area (Å²) < 4.78 is 21.4. The van der Waals surface area contributed by atoms with E-state index in [0.717, 1.165) is 6.26 Å². The molecular formula is C7H11NO4S. The molecule has 1 heterocycles. The number of Topliss-reactive ketones (excluding diaryl/α,β-unsaturated/α-hetero) is 1. The lowest BCUT2D eigenvalue weighted by molar-refractivity contribution is -0.144. The molecule has 0 aliphatic carbocycles. The fourth-order valence-corrected chi connectivity index (χ4v) is 1.53. The summed E-state index contributed by atoms with van der Waals surface area (Å²) in [5, 5.41) is 0. The summed E-state index contributed by atoms with van der Waals surface area (Å²) in [6, 6.07) is 0. The SMILES string of the molecule is CS(=O)(=O)CCC(=O)N1CC(=O)C1. The standard InChI is InChI=1S/C7H11NO4S/c1-13(11,12)3-2-7(10)8-4-6(9)5-8/h2-5H2,1H3. The highest BCUT2D eigenvalue weighted by Gasteiger charge is 2.27. The number of nitrogens with zero attached hydrogens (tertiary/aromatic N) is 1. The first kappa shape index (κ1) is 10.2. The van der Waals surface area contributed by atoms with Crippen molar-refractivity contribution in [2.75, 3.05) is 25.1 Å². The Bertz CT molecular complexity index is 324. The molecular weight excluding hydrogens is 194 g/mol. The lowest BCUT2D eigenvalue weighted by Crippen LogP contribution is -2.50. The number of ketones is 1. The summed E-state index contributed by atoms with van der Waals surface area (Å²) in [5.41, 5.74) is 0. The Morgan fingerprint density at radius 2 is 2.00 bits per heavy atom. The molecule has 0 aromatic heterocycles. The van der Waals surface area contributed by atoms with E-state index in [2.05, 4.69) is 0 Å². The van der Waals surface area contributed by atoms with Gasteiger partial charge in [-0.05, 0) is 0 Å². The quantitative estimate of drug-likeness (QED) is 0.582. The normalized spacial score (nSPS) is 17.0. The lowest BCUT2D eigenvalue weighted by Gasteiger charge is -2.29. The number of hydrogen-bond acceptors (Lipinski definition) is 4. The molecule has 0 aromatic carbocycles. The molecule has 13 heavy (non-hydrogen) atoms. The van der Waals surface area contributed by atoms with Gasteiger partial charge in [0.1, 0.15) is 9.84 Å². The molecule has 0 radical (unpaired) electrons. The van der Waals surface area contributed by atoms with Crippen LogP contribution in [0.4, 0.5) is 0 Å². The Labute approximate surface area is 76.6 Å². The van der Waals surface area contributed by atoms with Crippen LogP contribution >= 0.6 is 0 Å². The summed E-state index contributed by atoms with van der Waals surface area (Å²) in [4.78, 5) is 23.0. The van der Waals surface area contributed by atoms with Gasteiger partial charge in [-0.15, -0.1) is 0 Å². The predicted molar refractivity (Wildman–Crippen MR) is 45.9 cm³/mol. The van der Waals surface area contributed by atoms with Gasteiger partial charge in [-0.2, -0.15) is 0 Å². The number of hydrogen-bond donors (Lipinski definition) is 0. The highest BCUT2D eigenvalue weighted by Crippen LogP contribution is 2.05. The lowest BCUT2D eigenvalue weighted by atomic mass is 10.2. The Morgan fingerprint density at radius 1 is 1.46 bits per heavy atom. The van der Waals surface area contributed by atoms with Gasteiger partial charge in [0.05, 0.1) is 18.8 Å². The average molecular weight is 205 g/mol.